The molecule has 0 unspecified atom stereocenters. The number of aliphatic imine (C=N–C) groups is 1. The molecule has 4 nitrogen and oxygen atoms in total. The van der Waals surface area contributed by atoms with E-state index in [1.807, 2.05) is 30.3 Å². The van der Waals surface area contributed by atoms with E-state index in [9.17, 15) is 9.90 Å². The number of carbonyl (C=O) groups is 1. The Bertz CT molecular complexity index is 875. The van der Waals surface area contributed by atoms with Crippen molar-refractivity contribution in [3.8, 4) is 5.75 Å². The fourth-order valence-electron chi connectivity index (χ4n) is 2.26. The molecule has 0 radical (unpaired) electrons. The summed E-state index contributed by atoms with van der Waals surface area (Å²) in [5, 5.41) is 10.2. The largest absolute Gasteiger partial charge is 0.508 e. The monoisotopic (exact) mass is 414 g/mol. The molecule has 0 aromatic heterocycles. The first kappa shape index (κ1) is 17.5. The molecule has 1 heterocycles. The molecule has 0 spiro atoms. The molecule has 1 fully saturated rings. The first-order valence-electron chi connectivity index (χ1n) is 7.52. The molecule has 2 aromatic rings. The third kappa shape index (κ3) is 4.21. The van der Waals surface area contributed by atoms with E-state index in [0.717, 1.165) is 10.0 Å². The Hall–Kier alpha value is -2.31. The lowest BCUT2D eigenvalue weighted by atomic mass is 10.2. The van der Waals surface area contributed by atoms with Gasteiger partial charge in [0.05, 0.1) is 10.6 Å². The number of phenols is 1. The van der Waals surface area contributed by atoms with Crippen molar-refractivity contribution < 1.29 is 9.90 Å². The van der Waals surface area contributed by atoms with Gasteiger partial charge in [-0.15, -0.1) is 6.58 Å². The van der Waals surface area contributed by atoms with Crippen LogP contribution in [0.4, 0.5) is 5.69 Å². The highest BCUT2D eigenvalue weighted by Gasteiger charge is 2.32. The van der Waals surface area contributed by atoms with Crippen LogP contribution in [-0.4, -0.2) is 27.6 Å². The van der Waals surface area contributed by atoms with Crippen LogP contribution in [0.2, 0.25) is 0 Å². The second-order valence-electron chi connectivity index (χ2n) is 5.28. The zero-order valence-electron chi connectivity index (χ0n) is 13.2. The average molecular weight is 415 g/mol. The first-order valence-corrected chi connectivity index (χ1v) is 9.13. The summed E-state index contributed by atoms with van der Waals surface area (Å²) in [7, 11) is 0. The second kappa shape index (κ2) is 7.72. The number of phenolic OH excluding ortho intramolecular Hbond substituents is 1. The van der Waals surface area contributed by atoms with Gasteiger partial charge in [0.2, 0.25) is 0 Å². The van der Waals surface area contributed by atoms with Crippen molar-refractivity contribution in [3.05, 3.63) is 76.1 Å². The van der Waals surface area contributed by atoms with Gasteiger partial charge in [-0.05, 0) is 47.7 Å². The number of rotatable bonds is 4. The van der Waals surface area contributed by atoms with Gasteiger partial charge in [0.15, 0.2) is 5.17 Å². The molecule has 0 saturated carbocycles. The number of aromatic hydroxyl groups is 1. The van der Waals surface area contributed by atoms with Gasteiger partial charge < -0.3 is 5.11 Å². The molecule has 1 aliphatic heterocycles. The molecule has 3 rings (SSSR count). The van der Waals surface area contributed by atoms with Crippen LogP contribution in [-0.2, 0) is 4.79 Å². The molecule has 1 N–H and O–H groups in total. The molecule has 1 aliphatic rings. The van der Waals surface area contributed by atoms with Crippen LogP contribution in [0.25, 0.3) is 6.08 Å². The number of benzene rings is 2. The van der Waals surface area contributed by atoms with Crippen molar-refractivity contribution in [2.24, 2.45) is 4.99 Å². The number of thioether (sulfide) groups is 1. The molecule has 2 aromatic carbocycles. The van der Waals surface area contributed by atoms with Gasteiger partial charge in [-0.3, -0.25) is 9.69 Å². The lowest BCUT2D eigenvalue weighted by molar-refractivity contribution is -0.121. The molecule has 1 saturated heterocycles. The van der Waals surface area contributed by atoms with E-state index in [-0.39, 0.29) is 11.7 Å². The molecular weight excluding hydrogens is 400 g/mol. The summed E-state index contributed by atoms with van der Waals surface area (Å²) in [6, 6.07) is 14.4. The van der Waals surface area contributed by atoms with Gasteiger partial charge >= 0.3 is 0 Å². The summed E-state index contributed by atoms with van der Waals surface area (Å²) < 4.78 is 0.986. The summed E-state index contributed by atoms with van der Waals surface area (Å²) in [5.41, 5.74) is 1.53. The van der Waals surface area contributed by atoms with E-state index in [1.165, 1.54) is 11.8 Å². The van der Waals surface area contributed by atoms with Gasteiger partial charge in [0.25, 0.3) is 5.91 Å². The van der Waals surface area contributed by atoms with E-state index in [2.05, 4.69) is 27.5 Å². The Labute approximate surface area is 158 Å². The highest BCUT2D eigenvalue weighted by atomic mass is 79.9. The van der Waals surface area contributed by atoms with Crippen LogP contribution in [0.5, 0.6) is 5.75 Å². The zero-order chi connectivity index (χ0) is 17.8. The Morgan fingerprint density at radius 3 is 2.68 bits per heavy atom. The molecule has 6 heteroatoms. The summed E-state index contributed by atoms with van der Waals surface area (Å²) in [5.74, 6) is 0.0313. The minimum Gasteiger partial charge on any atom is -0.508 e. The van der Waals surface area contributed by atoms with Gasteiger partial charge in [0, 0.05) is 17.1 Å². The maximum absolute atomic E-state index is 12.7. The van der Waals surface area contributed by atoms with E-state index in [4.69, 9.17) is 0 Å². The van der Waals surface area contributed by atoms with Crippen LogP contribution in [0.3, 0.4) is 0 Å². The van der Waals surface area contributed by atoms with Gasteiger partial charge in [-0.2, -0.15) is 0 Å². The van der Waals surface area contributed by atoms with Crippen LogP contribution < -0.4 is 0 Å². The van der Waals surface area contributed by atoms with E-state index < -0.39 is 0 Å². The molecule has 0 bridgehead atoms. The summed E-state index contributed by atoms with van der Waals surface area (Å²) in [6.45, 7) is 4.09. The van der Waals surface area contributed by atoms with Crippen molar-refractivity contribution in [2.75, 3.05) is 6.54 Å². The SMILES string of the molecule is C=CCN1C(=O)C(=Cc2ccc(Br)cc2)SC1=Nc1cccc(O)c1. The van der Waals surface area contributed by atoms with Crippen LogP contribution in [0, 0.1) is 0 Å². The topological polar surface area (TPSA) is 52.9 Å². The fourth-order valence-corrected chi connectivity index (χ4v) is 3.54. The molecule has 0 atom stereocenters. The Morgan fingerprint density at radius 1 is 1.24 bits per heavy atom. The number of amides is 1. The Morgan fingerprint density at radius 2 is 2.00 bits per heavy atom. The number of halogens is 1. The zero-order valence-corrected chi connectivity index (χ0v) is 15.6. The van der Waals surface area contributed by atoms with Gasteiger partial charge in [-0.25, -0.2) is 4.99 Å². The summed E-state index contributed by atoms with van der Waals surface area (Å²) in [6.07, 6.45) is 3.51. The van der Waals surface area contributed by atoms with Gasteiger partial charge in [-0.1, -0.05) is 40.2 Å². The Kier molecular flexibility index (Phi) is 5.40. The van der Waals surface area contributed by atoms with Crippen molar-refractivity contribution in [1.82, 2.24) is 4.90 Å². The maximum atomic E-state index is 12.7. The normalized spacial score (nSPS) is 17.5. The highest BCUT2D eigenvalue weighted by molar-refractivity contribution is 9.10. The second-order valence-corrected chi connectivity index (χ2v) is 7.21. The quantitative estimate of drug-likeness (QED) is 0.568. The molecular formula is C19H15BrN2O2S. The van der Waals surface area contributed by atoms with Crippen LogP contribution >= 0.6 is 27.7 Å². The van der Waals surface area contributed by atoms with E-state index in [1.54, 1.807) is 35.2 Å². The molecule has 25 heavy (non-hydrogen) atoms. The van der Waals surface area contributed by atoms with E-state index in [0.29, 0.717) is 22.3 Å². The third-order valence-electron chi connectivity index (χ3n) is 3.42. The smallest absolute Gasteiger partial charge is 0.267 e. The first-order chi connectivity index (χ1) is 12.1. The maximum Gasteiger partial charge on any atom is 0.267 e. The number of amidine groups is 1. The molecule has 0 aliphatic carbocycles. The number of carbonyl (C=O) groups excluding carboxylic acids is 1. The molecule has 1 amide bonds. The lowest BCUT2D eigenvalue weighted by Crippen LogP contribution is -2.29. The predicted molar refractivity (Wildman–Crippen MR) is 107 cm³/mol. The Balaban J connectivity index is 1.94. The van der Waals surface area contributed by atoms with Crippen LogP contribution in [0.1, 0.15) is 5.56 Å². The van der Waals surface area contributed by atoms with Crippen molar-refractivity contribution in [1.29, 1.82) is 0 Å². The number of nitrogens with zero attached hydrogens (tertiary/aromatic N) is 2. The minimum absolute atomic E-state index is 0.105. The van der Waals surface area contributed by atoms with Crippen molar-refractivity contribution >= 4 is 50.5 Å². The minimum atomic E-state index is -0.105. The number of hydrogen-bond acceptors (Lipinski definition) is 4. The standard InChI is InChI=1S/C19H15BrN2O2S/c1-2-10-22-18(24)17(11-13-6-8-14(20)9-7-13)25-19(22)21-15-4-3-5-16(23)12-15/h2-9,11-12,23H,1,10H2. The lowest BCUT2D eigenvalue weighted by Gasteiger charge is -2.12. The summed E-state index contributed by atoms with van der Waals surface area (Å²) in [4.78, 5) is 19.4. The van der Waals surface area contributed by atoms with E-state index >= 15 is 0 Å². The third-order valence-corrected chi connectivity index (χ3v) is 4.96. The van der Waals surface area contributed by atoms with Crippen LogP contribution in [0.15, 0.2) is 75.6 Å². The van der Waals surface area contributed by atoms with Crippen molar-refractivity contribution in [2.45, 2.75) is 0 Å². The fraction of sp³-hybridized carbons (Fsp3) is 0.0526. The molecule has 126 valence electrons. The summed E-state index contributed by atoms with van der Waals surface area (Å²) >= 11 is 4.71. The van der Waals surface area contributed by atoms with Gasteiger partial charge in [0.1, 0.15) is 5.75 Å². The number of hydrogen-bond donors (Lipinski definition) is 1. The predicted octanol–water partition coefficient (Wildman–Crippen LogP) is 4.94. The highest BCUT2D eigenvalue weighted by Crippen LogP contribution is 2.34. The van der Waals surface area contributed by atoms with Crippen molar-refractivity contribution in [3.63, 3.8) is 0 Å². The average Bonchev–Trinajstić information content (AvgIpc) is 2.86.